The third kappa shape index (κ3) is 4.48. The Bertz CT molecular complexity index is 1680. The van der Waals surface area contributed by atoms with Crippen LogP contribution in [-0.4, -0.2) is 88.2 Å². The second-order valence-corrected chi connectivity index (χ2v) is 11.5. The van der Waals surface area contributed by atoms with E-state index in [-0.39, 0.29) is 30.0 Å². The number of carbonyl (C=O) groups is 1. The maximum absolute atomic E-state index is 14.0. The van der Waals surface area contributed by atoms with Crippen molar-refractivity contribution in [2.75, 3.05) is 38.2 Å². The quantitative estimate of drug-likeness (QED) is 0.304. The van der Waals surface area contributed by atoms with Crippen LogP contribution >= 0.6 is 11.6 Å². The molecule has 3 fully saturated rings. The lowest BCUT2D eigenvalue weighted by atomic mass is 9.95. The van der Waals surface area contributed by atoms with Crippen molar-refractivity contribution >= 4 is 45.0 Å². The Balaban J connectivity index is 1.28. The number of nitrogens with zero attached hydrogens (tertiary/aromatic N) is 6. The average molecular weight is 573 g/mol. The second kappa shape index (κ2) is 10.2. The number of fused-ring (bicyclic) bond motifs is 3. The molecule has 3 aliphatic rings. The Morgan fingerprint density at radius 3 is 2.88 bits per heavy atom. The third-order valence-corrected chi connectivity index (χ3v) is 9.08. The predicted molar refractivity (Wildman–Crippen MR) is 158 cm³/mol. The predicted octanol–water partition coefficient (Wildman–Crippen LogP) is 4.89. The van der Waals surface area contributed by atoms with Crippen molar-refractivity contribution in [3.05, 3.63) is 66.5 Å². The van der Waals surface area contributed by atoms with E-state index in [1.165, 1.54) is 6.08 Å². The van der Waals surface area contributed by atoms with E-state index in [0.717, 1.165) is 45.0 Å². The first-order valence-corrected chi connectivity index (χ1v) is 14.3. The highest BCUT2D eigenvalue weighted by atomic mass is 35.5. The maximum atomic E-state index is 14.0. The fraction of sp³-hybridized carbons (Fsp3) is 0.355. The van der Waals surface area contributed by atoms with Gasteiger partial charge in [-0.05, 0) is 49.7 Å². The fourth-order valence-electron chi connectivity index (χ4n) is 6.58. The zero-order valence-electron chi connectivity index (χ0n) is 22.7. The topological polar surface area (TPSA) is 74.7 Å². The number of rotatable bonds is 6. The van der Waals surface area contributed by atoms with Crippen molar-refractivity contribution in [2.45, 2.75) is 37.1 Å². The van der Waals surface area contributed by atoms with Gasteiger partial charge >= 0.3 is 6.01 Å². The average Bonchev–Trinajstić information content (AvgIpc) is 3.47. The van der Waals surface area contributed by atoms with Gasteiger partial charge in [0.05, 0.1) is 17.6 Å². The largest absolute Gasteiger partial charge is 0.462 e. The zero-order chi connectivity index (χ0) is 28.2. The number of anilines is 1. The molecule has 2 aromatic carbocycles. The number of carbonyl (C=O) groups excluding carboxylic acids is 1. The van der Waals surface area contributed by atoms with Gasteiger partial charge in [-0.15, -0.1) is 0 Å². The summed E-state index contributed by atoms with van der Waals surface area (Å²) in [6.45, 7) is 5.73. The molecular formula is C31H30ClFN6O2. The molecule has 4 aromatic rings. The number of likely N-dealkylation sites (N-methyl/N-ethyl adjacent to an activating group) is 1. The van der Waals surface area contributed by atoms with Crippen molar-refractivity contribution < 1.29 is 13.9 Å². The molecule has 0 spiro atoms. The molecule has 210 valence electrons. The molecular weight excluding hydrogens is 543 g/mol. The summed E-state index contributed by atoms with van der Waals surface area (Å²) in [7, 11) is 1.91. The number of benzene rings is 2. The number of likely N-dealkylation sites (tertiary alicyclic amines) is 2. The summed E-state index contributed by atoms with van der Waals surface area (Å²) >= 11 is 6.63. The molecule has 0 N–H and O–H groups in total. The van der Waals surface area contributed by atoms with E-state index in [4.69, 9.17) is 26.3 Å². The molecule has 1 amide bonds. The number of hydrogen-bond donors (Lipinski definition) is 0. The lowest BCUT2D eigenvalue weighted by Gasteiger charge is -2.47. The van der Waals surface area contributed by atoms with Crippen molar-refractivity contribution in [3.8, 4) is 17.1 Å². The molecule has 0 saturated carbocycles. The summed E-state index contributed by atoms with van der Waals surface area (Å²) in [5.74, 6) is 0.746. The van der Waals surface area contributed by atoms with E-state index in [1.54, 1.807) is 0 Å². The van der Waals surface area contributed by atoms with Crippen LogP contribution in [0, 0.1) is 0 Å². The minimum Gasteiger partial charge on any atom is -0.462 e. The molecule has 7 rings (SSSR count). The molecule has 41 heavy (non-hydrogen) atoms. The summed E-state index contributed by atoms with van der Waals surface area (Å²) in [6.07, 6.45) is 5.44. The van der Waals surface area contributed by atoms with Gasteiger partial charge in [0.2, 0.25) is 5.91 Å². The van der Waals surface area contributed by atoms with Crippen LogP contribution in [0.4, 0.5) is 10.2 Å². The minimum atomic E-state index is -0.855. The number of amides is 1. The van der Waals surface area contributed by atoms with Crippen LogP contribution in [0.25, 0.3) is 32.8 Å². The van der Waals surface area contributed by atoms with Gasteiger partial charge in [0.15, 0.2) is 0 Å². The molecule has 2 aromatic heterocycles. The molecule has 8 nitrogen and oxygen atoms in total. The first-order valence-electron chi connectivity index (χ1n) is 13.9. The van der Waals surface area contributed by atoms with Crippen LogP contribution in [0.15, 0.2) is 61.4 Å². The van der Waals surface area contributed by atoms with Gasteiger partial charge in [0.1, 0.15) is 18.6 Å². The van der Waals surface area contributed by atoms with E-state index < -0.39 is 6.17 Å². The molecule has 10 heteroatoms. The van der Waals surface area contributed by atoms with Crippen molar-refractivity contribution in [1.82, 2.24) is 24.8 Å². The van der Waals surface area contributed by atoms with Crippen molar-refractivity contribution in [1.29, 1.82) is 0 Å². The van der Waals surface area contributed by atoms with Crippen LogP contribution in [0.2, 0.25) is 5.02 Å². The Morgan fingerprint density at radius 2 is 2.07 bits per heavy atom. The van der Waals surface area contributed by atoms with Crippen LogP contribution < -0.4 is 9.64 Å². The molecule has 0 unspecified atom stereocenters. The number of alkyl halides is 1. The zero-order valence-corrected chi connectivity index (χ0v) is 23.5. The summed E-state index contributed by atoms with van der Waals surface area (Å²) in [5.41, 5.74) is 2.58. The SMILES string of the molecule is C=CC(=O)N1CC[C@@H]2[C@H]1CN2c1nc(OC[C@@H]2C[C@@H](F)CN2C)nc2cc(-c3cncc4cccc(Cl)c34)ccc12. The van der Waals surface area contributed by atoms with Gasteiger partial charge in [-0.2, -0.15) is 9.97 Å². The summed E-state index contributed by atoms with van der Waals surface area (Å²) in [4.78, 5) is 32.6. The lowest BCUT2D eigenvalue weighted by Crippen LogP contribution is -2.63. The monoisotopic (exact) mass is 572 g/mol. The molecule has 0 bridgehead atoms. The summed E-state index contributed by atoms with van der Waals surface area (Å²) in [5, 5.41) is 3.45. The highest BCUT2D eigenvalue weighted by molar-refractivity contribution is 6.36. The lowest BCUT2D eigenvalue weighted by molar-refractivity contribution is -0.127. The van der Waals surface area contributed by atoms with Crippen molar-refractivity contribution in [3.63, 3.8) is 0 Å². The molecule has 0 aliphatic carbocycles. The highest BCUT2D eigenvalue weighted by Crippen LogP contribution is 2.41. The van der Waals surface area contributed by atoms with Gasteiger partial charge < -0.3 is 14.5 Å². The molecule has 5 heterocycles. The van der Waals surface area contributed by atoms with E-state index in [2.05, 4.69) is 16.5 Å². The Kier molecular flexibility index (Phi) is 6.51. The minimum absolute atomic E-state index is 0.0347. The standard InChI is InChI=1S/C31H30ClFN6O2/c1-3-28(40)38-10-9-26-27(38)16-39(26)30-22-8-7-18(23-14-34-13-19-5-4-6-24(32)29(19)23)11-25(22)35-31(36-30)41-17-21-12-20(33)15-37(21)2/h3-8,11,13-14,20-21,26-27H,1,9-10,12,15-17H2,2H3/t20-,21+,26-,27-/m1/s1. The number of aromatic nitrogens is 3. The van der Waals surface area contributed by atoms with Crippen LogP contribution in [-0.2, 0) is 4.79 Å². The third-order valence-electron chi connectivity index (χ3n) is 8.77. The summed E-state index contributed by atoms with van der Waals surface area (Å²) in [6, 6.07) is 12.4. The van der Waals surface area contributed by atoms with Gasteiger partial charge in [-0.25, -0.2) is 4.39 Å². The van der Waals surface area contributed by atoms with Gasteiger partial charge in [-0.3, -0.25) is 14.7 Å². The van der Waals surface area contributed by atoms with E-state index >= 15 is 0 Å². The second-order valence-electron chi connectivity index (χ2n) is 11.1. The Labute approximate surface area is 242 Å². The fourth-order valence-corrected chi connectivity index (χ4v) is 6.87. The van der Waals surface area contributed by atoms with Crippen molar-refractivity contribution in [2.24, 2.45) is 0 Å². The molecule has 3 saturated heterocycles. The number of hydrogen-bond acceptors (Lipinski definition) is 7. The molecule has 0 radical (unpaired) electrons. The first-order chi connectivity index (χ1) is 19.9. The van der Waals surface area contributed by atoms with Crippen LogP contribution in [0.3, 0.4) is 0 Å². The van der Waals surface area contributed by atoms with Crippen LogP contribution in [0.5, 0.6) is 6.01 Å². The Hall–Kier alpha value is -3.82. The van der Waals surface area contributed by atoms with Gasteiger partial charge in [-0.1, -0.05) is 36.4 Å². The summed E-state index contributed by atoms with van der Waals surface area (Å²) < 4.78 is 20.1. The number of halogens is 2. The van der Waals surface area contributed by atoms with Gasteiger partial charge in [0.25, 0.3) is 0 Å². The first kappa shape index (κ1) is 26.1. The van der Waals surface area contributed by atoms with E-state index in [9.17, 15) is 9.18 Å². The molecule has 4 atom stereocenters. The maximum Gasteiger partial charge on any atom is 0.319 e. The van der Waals surface area contributed by atoms with E-state index in [1.807, 2.05) is 65.6 Å². The smallest absolute Gasteiger partial charge is 0.319 e. The van der Waals surface area contributed by atoms with E-state index in [0.29, 0.717) is 37.7 Å². The molecule has 3 aliphatic heterocycles. The Morgan fingerprint density at radius 1 is 1.20 bits per heavy atom. The number of ether oxygens (including phenoxy) is 1. The van der Waals surface area contributed by atoms with Gasteiger partial charge in [0, 0.05) is 64.8 Å². The van der Waals surface area contributed by atoms with Crippen LogP contribution in [0.1, 0.15) is 12.8 Å². The normalized spacial score (nSPS) is 24.1. The highest BCUT2D eigenvalue weighted by Gasteiger charge is 2.49. The number of pyridine rings is 1.